The molecule has 8 heteroatoms. The number of halogens is 1. The molecule has 0 radical (unpaired) electrons. The van der Waals surface area contributed by atoms with Crippen molar-refractivity contribution in [3.63, 3.8) is 0 Å². The molecular formula is C18H15ClN2O4S. The summed E-state index contributed by atoms with van der Waals surface area (Å²) in [5.41, 5.74) is 1.27. The van der Waals surface area contributed by atoms with Crippen LogP contribution < -0.4 is 5.32 Å². The highest BCUT2D eigenvalue weighted by Gasteiger charge is 2.19. The topological polar surface area (TPSA) is 81.4 Å². The predicted octanol–water partition coefficient (Wildman–Crippen LogP) is 4.79. The smallest absolute Gasteiger partial charge is 0.350 e. The summed E-state index contributed by atoms with van der Waals surface area (Å²) in [4.78, 5) is 28.7. The highest BCUT2D eigenvalue weighted by Crippen LogP contribution is 2.27. The highest BCUT2D eigenvalue weighted by atomic mass is 35.5. The van der Waals surface area contributed by atoms with Crippen LogP contribution >= 0.6 is 22.9 Å². The van der Waals surface area contributed by atoms with Crippen LogP contribution in [-0.2, 0) is 4.74 Å². The number of rotatable bonds is 5. The van der Waals surface area contributed by atoms with Crippen molar-refractivity contribution in [2.75, 3.05) is 11.9 Å². The van der Waals surface area contributed by atoms with Gasteiger partial charge in [0.25, 0.3) is 5.91 Å². The lowest BCUT2D eigenvalue weighted by Gasteiger charge is -1.99. The summed E-state index contributed by atoms with van der Waals surface area (Å²) in [6, 6.07) is 10.4. The van der Waals surface area contributed by atoms with Crippen molar-refractivity contribution >= 4 is 39.9 Å². The molecule has 0 unspecified atom stereocenters. The van der Waals surface area contributed by atoms with Gasteiger partial charge in [0.05, 0.1) is 12.3 Å². The summed E-state index contributed by atoms with van der Waals surface area (Å²) in [6.45, 7) is 3.68. The van der Waals surface area contributed by atoms with Gasteiger partial charge in [0.15, 0.2) is 10.9 Å². The Morgan fingerprint density at radius 3 is 2.85 bits per heavy atom. The van der Waals surface area contributed by atoms with Crippen molar-refractivity contribution in [3.05, 3.63) is 57.8 Å². The molecule has 26 heavy (non-hydrogen) atoms. The Kier molecular flexibility index (Phi) is 5.39. The van der Waals surface area contributed by atoms with Gasteiger partial charge >= 0.3 is 5.97 Å². The van der Waals surface area contributed by atoms with Gasteiger partial charge in [-0.2, -0.15) is 0 Å². The van der Waals surface area contributed by atoms with E-state index < -0.39 is 11.9 Å². The first-order chi connectivity index (χ1) is 12.5. The van der Waals surface area contributed by atoms with E-state index in [0.717, 1.165) is 16.9 Å². The van der Waals surface area contributed by atoms with E-state index in [2.05, 4.69) is 10.3 Å². The molecule has 0 aliphatic heterocycles. The van der Waals surface area contributed by atoms with Crippen LogP contribution in [0.3, 0.4) is 0 Å². The fourth-order valence-corrected chi connectivity index (χ4v) is 3.30. The molecule has 0 saturated carbocycles. The third-order valence-corrected chi connectivity index (χ3v) is 4.70. The SMILES string of the molecule is CCOC(=O)c1sc(NC(=O)c2ccc(-c3cccc(Cl)c3)o2)nc1C. The number of carbonyl (C=O) groups excluding carboxylic acids is 2. The lowest BCUT2D eigenvalue weighted by Crippen LogP contribution is -2.10. The molecule has 0 spiro atoms. The molecule has 0 bridgehead atoms. The minimum atomic E-state index is -0.456. The van der Waals surface area contributed by atoms with Gasteiger partial charge in [-0.25, -0.2) is 9.78 Å². The zero-order valence-corrected chi connectivity index (χ0v) is 15.6. The molecule has 0 aliphatic rings. The number of furan rings is 1. The molecule has 3 aromatic rings. The number of aryl methyl sites for hydroxylation is 1. The van der Waals surface area contributed by atoms with Crippen molar-refractivity contribution in [2.45, 2.75) is 13.8 Å². The van der Waals surface area contributed by atoms with Crippen LogP contribution in [0.25, 0.3) is 11.3 Å². The predicted molar refractivity (Wildman–Crippen MR) is 99.9 cm³/mol. The van der Waals surface area contributed by atoms with E-state index in [1.54, 1.807) is 44.2 Å². The van der Waals surface area contributed by atoms with Crippen LogP contribution in [0.1, 0.15) is 32.8 Å². The average molecular weight is 391 g/mol. The van der Waals surface area contributed by atoms with Gasteiger partial charge in [-0.15, -0.1) is 0 Å². The molecular weight excluding hydrogens is 376 g/mol. The largest absolute Gasteiger partial charge is 0.462 e. The summed E-state index contributed by atoms with van der Waals surface area (Å²) >= 11 is 7.03. The van der Waals surface area contributed by atoms with E-state index in [1.807, 2.05) is 6.07 Å². The molecule has 0 fully saturated rings. The number of amides is 1. The van der Waals surface area contributed by atoms with Gasteiger partial charge in [0, 0.05) is 10.6 Å². The van der Waals surface area contributed by atoms with Crippen LogP contribution in [0.2, 0.25) is 5.02 Å². The summed E-state index contributed by atoms with van der Waals surface area (Å²) in [6.07, 6.45) is 0. The molecule has 0 saturated heterocycles. The molecule has 1 aromatic carbocycles. The second-order valence-electron chi connectivity index (χ2n) is 5.28. The first-order valence-electron chi connectivity index (χ1n) is 7.79. The minimum absolute atomic E-state index is 0.130. The molecule has 134 valence electrons. The van der Waals surface area contributed by atoms with E-state index in [4.69, 9.17) is 20.8 Å². The van der Waals surface area contributed by atoms with Gasteiger partial charge in [-0.3, -0.25) is 10.1 Å². The van der Waals surface area contributed by atoms with E-state index >= 15 is 0 Å². The average Bonchev–Trinajstić information content (AvgIpc) is 3.22. The molecule has 2 aromatic heterocycles. The fraction of sp³-hybridized carbons (Fsp3) is 0.167. The zero-order chi connectivity index (χ0) is 18.7. The summed E-state index contributed by atoms with van der Waals surface area (Å²) in [7, 11) is 0. The monoisotopic (exact) mass is 390 g/mol. The molecule has 0 atom stereocenters. The third-order valence-electron chi connectivity index (χ3n) is 3.42. The lowest BCUT2D eigenvalue weighted by molar-refractivity contribution is 0.0531. The number of thiazole rings is 1. The number of nitrogens with zero attached hydrogens (tertiary/aromatic N) is 1. The number of nitrogens with one attached hydrogen (secondary N) is 1. The Morgan fingerprint density at radius 2 is 2.12 bits per heavy atom. The maximum Gasteiger partial charge on any atom is 0.350 e. The van der Waals surface area contributed by atoms with Crippen molar-refractivity contribution in [3.8, 4) is 11.3 Å². The van der Waals surface area contributed by atoms with Crippen LogP contribution in [0.4, 0.5) is 5.13 Å². The van der Waals surface area contributed by atoms with Gasteiger partial charge < -0.3 is 9.15 Å². The normalized spacial score (nSPS) is 10.6. The number of hydrogen-bond acceptors (Lipinski definition) is 6. The molecule has 1 N–H and O–H groups in total. The first kappa shape index (κ1) is 18.2. The Balaban J connectivity index is 1.75. The fourth-order valence-electron chi connectivity index (χ4n) is 2.25. The molecule has 3 rings (SSSR count). The maximum absolute atomic E-state index is 12.4. The van der Waals surface area contributed by atoms with Gasteiger partial charge in [-0.1, -0.05) is 35.1 Å². The minimum Gasteiger partial charge on any atom is -0.462 e. The van der Waals surface area contributed by atoms with Crippen LogP contribution in [0.15, 0.2) is 40.8 Å². The van der Waals surface area contributed by atoms with Crippen LogP contribution in [-0.4, -0.2) is 23.5 Å². The number of anilines is 1. The Morgan fingerprint density at radius 1 is 1.31 bits per heavy atom. The number of carbonyl (C=O) groups is 2. The summed E-state index contributed by atoms with van der Waals surface area (Å²) < 4.78 is 10.6. The Hall–Kier alpha value is -2.64. The van der Waals surface area contributed by atoms with E-state index in [0.29, 0.717) is 26.5 Å². The molecule has 6 nitrogen and oxygen atoms in total. The molecule has 0 aliphatic carbocycles. The summed E-state index contributed by atoms with van der Waals surface area (Å²) in [5.74, 6) is -0.252. The van der Waals surface area contributed by atoms with Crippen LogP contribution in [0, 0.1) is 6.92 Å². The van der Waals surface area contributed by atoms with E-state index in [9.17, 15) is 9.59 Å². The first-order valence-corrected chi connectivity index (χ1v) is 8.99. The van der Waals surface area contributed by atoms with Crippen molar-refractivity contribution < 1.29 is 18.7 Å². The maximum atomic E-state index is 12.4. The van der Waals surface area contributed by atoms with Gasteiger partial charge in [0.2, 0.25) is 0 Å². The number of esters is 1. The second-order valence-corrected chi connectivity index (χ2v) is 6.72. The number of benzene rings is 1. The van der Waals surface area contributed by atoms with Crippen LogP contribution in [0.5, 0.6) is 0 Å². The molecule has 1 amide bonds. The van der Waals surface area contributed by atoms with Gasteiger partial charge in [0.1, 0.15) is 10.6 Å². The van der Waals surface area contributed by atoms with Crippen molar-refractivity contribution in [1.29, 1.82) is 0 Å². The Bertz CT molecular complexity index is 964. The second kappa shape index (κ2) is 7.72. The van der Waals surface area contributed by atoms with Crippen molar-refractivity contribution in [1.82, 2.24) is 4.98 Å². The van der Waals surface area contributed by atoms with Gasteiger partial charge in [-0.05, 0) is 38.1 Å². The lowest BCUT2D eigenvalue weighted by atomic mass is 10.2. The Labute approximate surface area is 158 Å². The quantitative estimate of drug-likeness (QED) is 0.633. The highest BCUT2D eigenvalue weighted by molar-refractivity contribution is 7.17. The van der Waals surface area contributed by atoms with E-state index in [1.165, 1.54) is 0 Å². The third kappa shape index (κ3) is 3.95. The van der Waals surface area contributed by atoms with E-state index in [-0.39, 0.29) is 12.4 Å². The summed E-state index contributed by atoms with van der Waals surface area (Å²) in [5, 5.41) is 3.51. The standard InChI is InChI=1S/C18H15ClN2O4S/c1-3-24-17(23)15-10(2)20-18(26-15)21-16(22)14-8-7-13(25-14)11-5-4-6-12(19)9-11/h4-9H,3H2,1-2H3,(H,20,21,22). The van der Waals surface area contributed by atoms with Crippen molar-refractivity contribution in [2.24, 2.45) is 0 Å². The molecule has 2 heterocycles. The number of ether oxygens (including phenoxy) is 1. The number of hydrogen-bond donors (Lipinski definition) is 1. The zero-order valence-electron chi connectivity index (χ0n) is 14.0. The number of aromatic nitrogens is 1.